The number of esters is 1. The van der Waals surface area contributed by atoms with Crippen molar-refractivity contribution in [3.05, 3.63) is 137 Å². The number of benzene rings is 5. The van der Waals surface area contributed by atoms with Crippen LogP contribution in [0.2, 0.25) is 0 Å². The van der Waals surface area contributed by atoms with Crippen LogP contribution in [0.25, 0.3) is 0 Å². The fourth-order valence-corrected chi connectivity index (χ4v) is 7.36. The summed E-state index contributed by atoms with van der Waals surface area (Å²) in [7, 11) is 1.69. The fraction of sp³-hybridized carbons (Fsp3) is 0.295. The number of methoxy groups -OCH3 is 1. The summed E-state index contributed by atoms with van der Waals surface area (Å²) in [6, 6.07) is 36.5. The minimum Gasteiger partial charge on any atom is -0.497 e. The van der Waals surface area contributed by atoms with E-state index >= 15 is 0 Å². The molecule has 0 saturated heterocycles. The number of rotatable bonds is 14. The van der Waals surface area contributed by atoms with Crippen LogP contribution < -0.4 is 19.7 Å². The van der Waals surface area contributed by atoms with Crippen molar-refractivity contribution >= 4 is 28.7 Å². The molecule has 0 saturated carbocycles. The number of hydrogen-bond acceptors (Lipinski definition) is 6. The van der Waals surface area contributed by atoms with Crippen LogP contribution in [0.15, 0.2) is 109 Å². The summed E-state index contributed by atoms with van der Waals surface area (Å²) in [5.41, 5.74) is 6.88. The van der Waals surface area contributed by atoms with Crippen LogP contribution >= 0.6 is 0 Å². The van der Waals surface area contributed by atoms with Gasteiger partial charge in [-0.2, -0.15) is 0 Å². The summed E-state index contributed by atoms with van der Waals surface area (Å²) in [4.78, 5) is 15.9. The number of aryl methyl sites for hydroxylation is 1. The van der Waals surface area contributed by atoms with Crippen molar-refractivity contribution in [3.8, 4) is 17.2 Å². The van der Waals surface area contributed by atoms with Crippen molar-refractivity contribution in [2.45, 2.75) is 70.8 Å². The van der Waals surface area contributed by atoms with Crippen LogP contribution in [0.1, 0.15) is 90.9 Å². The molecule has 0 amide bonds. The molecule has 1 N–H and O–H groups in total. The Hall–Kier alpha value is -5.23. The Labute approximate surface area is 296 Å². The lowest BCUT2D eigenvalue weighted by atomic mass is 9.77. The number of para-hydroxylation sites is 1. The van der Waals surface area contributed by atoms with E-state index in [0.29, 0.717) is 17.1 Å². The molecule has 0 aromatic heterocycles. The molecule has 6 nitrogen and oxygen atoms in total. The monoisotopic (exact) mass is 666 g/mol. The van der Waals surface area contributed by atoms with Crippen LogP contribution in [0.5, 0.6) is 17.2 Å². The number of nitrogens with zero attached hydrogens (tertiary/aromatic N) is 1. The maximum Gasteiger partial charge on any atom is 0.340 e. The zero-order chi connectivity index (χ0) is 34.5. The lowest BCUT2D eigenvalue weighted by Crippen LogP contribution is -2.33. The van der Waals surface area contributed by atoms with E-state index in [4.69, 9.17) is 14.2 Å². The summed E-state index contributed by atoms with van der Waals surface area (Å²) in [6.07, 6.45) is 10.0. The van der Waals surface area contributed by atoms with Gasteiger partial charge in [0, 0.05) is 52.1 Å². The average molecular weight is 667 g/mol. The van der Waals surface area contributed by atoms with Gasteiger partial charge in [-0.05, 0) is 85.6 Å². The fourth-order valence-electron chi connectivity index (χ4n) is 7.36. The summed E-state index contributed by atoms with van der Waals surface area (Å²) in [5, 5.41) is 3.57. The number of ether oxygens (including phenoxy) is 3. The van der Waals surface area contributed by atoms with Crippen molar-refractivity contribution in [2.24, 2.45) is 0 Å². The molecule has 1 unspecified atom stereocenters. The number of unbranched alkanes of at least 4 members (excludes halogenated alkanes) is 7. The molecule has 5 aromatic carbocycles. The van der Waals surface area contributed by atoms with Crippen LogP contribution in [0.4, 0.5) is 22.7 Å². The summed E-state index contributed by atoms with van der Waals surface area (Å²) >= 11 is 0. The normalized spacial score (nSPS) is 15.5. The first-order valence-electron chi connectivity index (χ1n) is 18.1. The zero-order valence-corrected chi connectivity index (χ0v) is 29.3. The van der Waals surface area contributed by atoms with E-state index in [1.54, 1.807) is 7.11 Å². The highest BCUT2D eigenvalue weighted by molar-refractivity contribution is 5.97. The molecular formula is C44H46N2O4. The third kappa shape index (κ3) is 6.42. The second-order valence-corrected chi connectivity index (χ2v) is 13.4. The molecule has 0 aliphatic carbocycles. The summed E-state index contributed by atoms with van der Waals surface area (Å²) in [6.45, 7) is 5.20. The number of anilines is 4. The third-order valence-corrected chi connectivity index (χ3v) is 10.0. The van der Waals surface area contributed by atoms with E-state index in [-0.39, 0.29) is 5.97 Å². The quantitative estimate of drug-likeness (QED) is 0.0940. The van der Waals surface area contributed by atoms with Gasteiger partial charge in [0.1, 0.15) is 17.2 Å². The molecule has 0 bridgehead atoms. The number of fused-ring (bicyclic) bond motifs is 6. The maximum absolute atomic E-state index is 13.6. The van der Waals surface area contributed by atoms with E-state index in [0.717, 1.165) is 63.7 Å². The van der Waals surface area contributed by atoms with E-state index in [9.17, 15) is 4.79 Å². The van der Waals surface area contributed by atoms with E-state index in [1.807, 2.05) is 66.7 Å². The Morgan fingerprint density at radius 2 is 1.38 bits per heavy atom. The van der Waals surface area contributed by atoms with Gasteiger partial charge >= 0.3 is 5.97 Å². The van der Waals surface area contributed by atoms with E-state index in [2.05, 4.69) is 66.5 Å². The highest BCUT2D eigenvalue weighted by atomic mass is 16.6. The minimum atomic E-state index is -1.15. The van der Waals surface area contributed by atoms with Gasteiger partial charge in [0.15, 0.2) is 5.60 Å². The smallest absolute Gasteiger partial charge is 0.340 e. The molecule has 2 aliphatic heterocycles. The lowest BCUT2D eigenvalue weighted by Gasteiger charge is -2.38. The SMILES string of the molecule is CCCCCCCCCCN(c1ccc(OC)cc1)c1ccc2c(c1)Oc1cc(C)c(Nc3ccccc3)cc1C21OC(=O)c2ccccc21. The highest BCUT2D eigenvalue weighted by Gasteiger charge is 2.53. The molecule has 7 rings (SSSR count). The van der Waals surface area contributed by atoms with E-state index < -0.39 is 5.60 Å². The Balaban J connectivity index is 1.27. The number of nitrogens with one attached hydrogen (secondary N) is 1. The first-order valence-corrected chi connectivity index (χ1v) is 18.1. The third-order valence-electron chi connectivity index (χ3n) is 10.0. The molecule has 256 valence electrons. The summed E-state index contributed by atoms with van der Waals surface area (Å²) < 4.78 is 18.8. The second-order valence-electron chi connectivity index (χ2n) is 13.4. The molecule has 0 fully saturated rings. The number of hydrogen-bond donors (Lipinski definition) is 1. The Morgan fingerprint density at radius 1 is 0.700 bits per heavy atom. The molecule has 0 radical (unpaired) electrons. The van der Waals surface area contributed by atoms with Crippen molar-refractivity contribution in [1.29, 1.82) is 0 Å². The predicted octanol–water partition coefficient (Wildman–Crippen LogP) is 11.6. The Morgan fingerprint density at radius 3 is 2.14 bits per heavy atom. The first kappa shape index (κ1) is 33.3. The van der Waals surface area contributed by atoms with Crippen LogP contribution in [-0.4, -0.2) is 19.6 Å². The topological polar surface area (TPSA) is 60.0 Å². The highest BCUT2D eigenvalue weighted by Crippen LogP contribution is 2.57. The molecule has 2 aliphatic rings. The molecule has 1 spiro atoms. The number of carbonyl (C=O) groups is 1. The first-order chi connectivity index (χ1) is 24.5. The molecular weight excluding hydrogens is 620 g/mol. The summed E-state index contributed by atoms with van der Waals surface area (Å²) in [5.74, 6) is 1.84. The Bertz CT molecular complexity index is 1960. The zero-order valence-electron chi connectivity index (χ0n) is 29.3. The van der Waals surface area contributed by atoms with Crippen molar-refractivity contribution in [3.63, 3.8) is 0 Å². The standard InChI is InChI=1S/C44H46N2O4/c1-4-5-6-7-8-9-10-16-27-46(33-21-24-35(48-3)25-22-33)34-23-26-38-42(29-34)49-41-28-31(2)40(45-32-17-12-11-13-18-32)30-39(41)44(38)37-20-15-14-19-36(37)43(47)50-44/h11-15,17-26,28-30,45H,4-10,16,27H2,1-3H3. The molecule has 50 heavy (non-hydrogen) atoms. The van der Waals surface area contributed by atoms with Crippen molar-refractivity contribution in [2.75, 3.05) is 23.9 Å². The Kier molecular flexibility index (Phi) is 9.79. The molecule has 5 aromatic rings. The maximum atomic E-state index is 13.6. The second kappa shape index (κ2) is 14.7. The van der Waals surface area contributed by atoms with Gasteiger partial charge < -0.3 is 24.4 Å². The van der Waals surface area contributed by atoms with Crippen molar-refractivity contribution in [1.82, 2.24) is 0 Å². The average Bonchev–Trinajstić information content (AvgIpc) is 3.44. The van der Waals surface area contributed by atoms with Crippen LogP contribution in [-0.2, 0) is 10.3 Å². The molecule has 2 heterocycles. The number of carbonyl (C=O) groups excluding carboxylic acids is 1. The largest absolute Gasteiger partial charge is 0.497 e. The molecule has 6 heteroatoms. The van der Waals surface area contributed by atoms with Crippen molar-refractivity contribution < 1.29 is 19.0 Å². The molecule has 1 atom stereocenters. The van der Waals surface area contributed by atoms with Gasteiger partial charge in [-0.1, -0.05) is 88.3 Å². The minimum absolute atomic E-state index is 0.337. The van der Waals surface area contributed by atoms with Crippen LogP contribution in [0, 0.1) is 6.92 Å². The van der Waals surface area contributed by atoms with Gasteiger partial charge in [0.25, 0.3) is 0 Å². The van der Waals surface area contributed by atoms with Crippen LogP contribution in [0.3, 0.4) is 0 Å². The van der Waals surface area contributed by atoms with Gasteiger partial charge in [-0.15, -0.1) is 0 Å². The lowest BCUT2D eigenvalue weighted by molar-refractivity contribution is 0.0224. The van der Waals surface area contributed by atoms with Gasteiger partial charge in [0.05, 0.1) is 12.7 Å². The van der Waals surface area contributed by atoms with Gasteiger partial charge in [0.2, 0.25) is 0 Å². The van der Waals surface area contributed by atoms with E-state index in [1.165, 1.54) is 44.9 Å². The van der Waals surface area contributed by atoms with Gasteiger partial charge in [-0.25, -0.2) is 4.79 Å². The van der Waals surface area contributed by atoms with Gasteiger partial charge in [-0.3, -0.25) is 0 Å². The predicted molar refractivity (Wildman–Crippen MR) is 202 cm³/mol.